The summed E-state index contributed by atoms with van der Waals surface area (Å²) in [6, 6.07) is 5.72. The Morgan fingerprint density at radius 3 is 2.90 bits per heavy atom. The van der Waals surface area contributed by atoms with Gasteiger partial charge in [-0.1, -0.05) is 6.07 Å². The fourth-order valence-corrected chi connectivity index (χ4v) is 2.12. The van der Waals surface area contributed by atoms with E-state index >= 15 is 0 Å². The predicted octanol–water partition coefficient (Wildman–Crippen LogP) is 1.45. The zero-order valence-corrected chi connectivity index (χ0v) is 11.1. The van der Waals surface area contributed by atoms with Gasteiger partial charge >= 0.3 is 0 Å². The zero-order valence-electron chi connectivity index (χ0n) is 11.1. The van der Waals surface area contributed by atoms with Gasteiger partial charge in [-0.3, -0.25) is 9.89 Å². The first kappa shape index (κ1) is 12.5. The minimum atomic E-state index is -0.0753. The Hall–Kier alpha value is -2.50. The lowest BCUT2D eigenvalue weighted by Gasteiger charge is -2.21. The van der Waals surface area contributed by atoms with E-state index in [0.717, 1.165) is 17.1 Å². The van der Waals surface area contributed by atoms with Crippen molar-refractivity contribution in [3.8, 4) is 11.5 Å². The summed E-state index contributed by atoms with van der Waals surface area (Å²) in [5.74, 6) is 1.41. The third-order valence-electron chi connectivity index (χ3n) is 3.12. The summed E-state index contributed by atoms with van der Waals surface area (Å²) in [5, 5.41) is 6.42. The standard InChI is InChI=1S/C14H15N3O3/c1-17(14(18)11-7-15-16-8-11)9-10-2-3-12-13(6-10)20-5-4-19-12/h2-3,6-8H,4-5,9H2,1H3,(H,15,16). The van der Waals surface area contributed by atoms with Crippen molar-refractivity contribution in [1.82, 2.24) is 15.1 Å². The largest absolute Gasteiger partial charge is 0.486 e. The highest BCUT2D eigenvalue weighted by Gasteiger charge is 2.15. The number of hydrogen-bond acceptors (Lipinski definition) is 4. The van der Waals surface area contributed by atoms with Crippen LogP contribution in [0.5, 0.6) is 11.5 Å². The van der Waals surface area contributed by atoms with Crippen molar-refractivity contribution < 1.29 is 14.3 Å². The van der Waals surface area contributed by atoms with E-state index in [4.69, 9.17) is 9.47 Å². The molecular formula is C14H15N3O3. The van der Waals surface area contributed by atoms with Crippen molar-refractivity contribution >= 4 is 5.91 Å². The number of aromatic amines is 1. The number of carbonyl (C=O) groups is 1. The average molecular weight is 273 g/mol. The highest BCUT2D eigenvalue weighted by atomic mass is 16.6. The van der Waals surface area contributed by atoms with E-state index in [2.05, 4.69) is 10.2 Å². The first-order valence-corrected chi connectivity index (χ1v) is 6.37. The Morgan fingerprint density at radius 2 is 2.15 bits per heavy atom. The molecule has 0 spiro atoms. The molecule has 2 heterocycles. The molecule has 0 atom stereocenters. The molecule has 0 bridgehead atoms. The molecule has 0 aliphatic carbocycles. The SMILES string of the molecule is CN(Cc1ccc2c(c1)OCCO2)C(=O)c1cn[nH]c1. The molecule has 20 heavy (non-hydrogen) atoms. The molecule has 6 heteroatoms. The Balaban J connectivity index is 1.72. The quantitative estimate of drug-likeness (QED) is 0.919. The van der Waals surface area contributed by atoms with Crippen LogP contribution in [0.3, 0.4) is 0 Å². The fraction of sp³-hybridized carbons (Fsp3) is 0.286. The normalized spacial score (nSPS) is 13.1. The lowest BCUT2D eigenvalue weighted by atomic mass is 10.1. The predicted molar refractivity (Wildman–Crippen MR) is 71.8 cm³/mol. The molecule has 0 fully saturated rings. The van der Waals surface area contributed by atoms with Crippen LogP contribution in [0.15, 0.2) is 30.6 Å². The fourth-order valence-electron chi connectivity index (χ4n) is 2.12. The van der Waals surface area contributed by atoms with Gasteiger partial charge in [0.25, 0.3) is 5.91 Å². The van der Waals surface area contributed by atoms with E-state index in [1.165, 1.54) is 6.20 Å². The lowest BCUT2D eigenvalue weighted by Crippen LogP contribution is -2.26. The molecule has 1 amide bonds. The van der Waals surface area contributed by atoms with Crippen LogP contribution in [-0.4, -0.2) is 41.3 Å². The van der Waals surface area contributed by atoms with Gasteiger partial charge in [-0.25, -0.2) is 0 Å². The number of nitrogens with zero attached hydrogens (tertiary/aromatic N) is 2. The van der Waals surface area contributed by atoms with Gasteiger partial charge in [-0.15, -0.1) is 0 Å². The van der Waals surface area contributed by atoms with Gasteiger partial charge in [0.05, 0.1) is 11.8 Å². The first-order chi connectivity index (χ1) is 9.74. The number of fused-ring (bicyclic) bond motifs is 1. The van der Waals surface area contributed by atoms with Crippen molar-refractivity contribution in [3.63, 3.8) is 0 Å². The molecule has 0 radical (unpaired) electrons. The maximum absolute atomic E-state index is 12.1. The minimum Gasteiger partial charge on any atom is -0.486 e. The summed E-state index contributed by atoms with van der Waals surface area (Å²) < 4.78 is 11.0. The second-order valence-electron chi connectivity index (χ2n) is 4.63. The van der Waals surface area contributed by atoms with Crippen LogP contribution < -0.4 is 9.47 Å². The number of aromatic nitrogens is 2. The number of carbonyl (C=O) groups excluding carboxylic acids is 1. The summed E-state index contributed by atoms with van der Waals surface area (Å²) in [5.41, 5.74) is 1.54. The lowest BCUT2D eigenvalue weighted by molar-refractivity contribution is 0.0785. The molecule has 1 N–H and O–H groups in total. The average Bonchev–Trinajstić information content (AvgIpc) is 3.00. The molecule has 2 aromatic rings. The van der Waals surface area contributed by atoms with E-state index in [0.29, 0.717) is 25.3 Å². The molecule has 3 rings (SSSR count). The van der Waals surface area contributed by atoms with Gasteiger partial charge in [0, 0.05) is 19.8 Å². The van der Waals surface area contributed by atoms with Gasteiger partial charge in [0.2, 0.25) is 0 Å². The van der Waals surface area contributed by atoms with Crippen LogP contribution in [0, 0.1) is 0 Å². The van der Waals surface area contributed by atoms with Crippen molar-refractivity contribution in [3.05, 3.63) is 41.7 Å². The van der Waals surface area contributed by atoms with E-state index in [1.807, 2.05) is 18.2 Å². The van der Waals surface area contributed by atoms with Gasteiger partial charge < -0.3 is 14.4 Å². The molecule has 1 aromatic heterocycles. The number of H-pyrrole nitrogens is 1. The molecule has 1 aliphatic rings. The minimum absolute atomic E-state index is 0.0753. The maximum Gasteiger partial charge on any atom is 0.257 e. The van der Waals surface area contributed by atoms with Crippen LogP contribution in [0.1, 0.15) is 15.9 Å². The van der Waals surface area contributed by atoms with Crippen molar-refractivity contribution in [2.75, 3.05) is 20.3 Å². The number of benzene rings is 1. The van der Waals surface area contributed by atoms with E-state index < -0.39 is 0 Å². The maximum atomic E-state index is 12.1. The molecule has 0 saturated heterocycles. The summed E-state index contributed by atoms with van der Waals surface area (Å²) in [6.45, 7) is 1.63. The second-order valence-corrected chi connectivity index (χ2v) is 4.63. The van der Waals surface area contributed by atoms with Gasteiger partial charge in [-0.05, 0) is 17.7 Å². The Bertz CT molecular complexity index is 610. The van der Waals surface area contributed by atoms with E-state index in [9.17, 15) is 4.79 Å². The van der Waals surface area contributed by atoms with Gasteiger partial charge in [0.1, 0.15) is 13.2 Å². The smallest absolute Gasteiger partial charge is 0.257 e. The summed E-state index contributed by atoms with van der Waals surface area (Å²) in [6.07, 6.45) is 3.10. The van der Waals surface area contributed by atoms with Gasteiger partial charge in [0.15, 0.2) is 11.5 Å². The third-order valence-corrected chi connectivity index (χ3v) is 3.12. The summed E-state index contributed by atoms with van der Waals surface area (Å²) >= 11 is 0. The Labute approximate surface area is 116 Å². The van der Waals surface area contributed by atoms with E-state index in [1.54, 1.807) is 18.1 Å². The molecule has 0 saturated carbocycles. The van der Waals surface area contributed by atoms with Crippen LogP contribution in [0.4, 0.5) is 0 Å². The number of ether oxygens (including phenoxy) is 2. The Kier molecular flexibility index (Phi) is 3.28. The number of hydrogen-bond donors (Lipinski definition) is 1. The molecule has 6 nitrogen and oxygen atoms in total. The van der Waals surface area contributed by atoms with Crippen LogP contribution >= 0.6 is 0 Å². The van der Waals surface area contributed by atoms with Crippen LogP contribution in [0.2, 0.25) is 0 Å². The van der Waals surface area contributed by atoms with Crippen LogP contribution in [-0.2, 0) is 6.54 Å². The van der Waals surface area contributed by atoms with Gasteiger partial charge in [-0.2, -0.15) is 5.10 Å². The summed E-state index contributed by atoms with van der Waals surface area (Å²) in [4.78, 5) is 13.7. The van der Waals surface area contributed by atoms with E-state index in [-0.39, 0.29) is 5.91 Å². The number of nitrogens with one attached hydrogen (secondary N) is 1. The summed E-state index contributed by atoms with van der Waals surface area (Å²) in [7, 11) is 1.76. The van der Waals surface area contributed by atoms with Crippen molar-refractivity contribution in [2.24, 2.45) is 0 Å². The highest BCUT2D eigenvalue weighted by molar-refractivity contribution is 5.93. The van der Waals surface area contributed by atoms with Crippen LogP contribution in [0.25, 0.3) is 0 Å². The molecule has 1 aliphatic heterocycles. The highest BCUT2D eigenvalue weighted by Crippen LogP contribution is 2.31. The zero-order chi connectivity index (χ0) is 13.9. The molecule has 0 unspecified atom stereocenters. The molecule has 1 aromatic carbocycles. The number of rotatable bonds is 3. The van der Waals surface area contributed by atoms with Crippen molar-refractivity contribution in [2.45, 2.75) is 6.54 Å². The molecular weight excluding hydrogens is 258 g/mol. The second kappa shape index (κ2) is 5.24. The number of amides is 1. The third kappa shape index (κ3) is 2.45. The Morgan fingerprint density at radius 1 is 1.35 bits per heavy atom. The monoisotopic (exact) mass is 273 g/mol. The molecule has 104 valence electrons. The van der Waals surface area contributed by atoms with Crippen molar-refractivity contribution in [1.29, 1.82) is 0 Å². The topological polar surface area (TPSA) is 67.5 Å². The first-order valence-electron chi connectivity index (χ1n) is 6.37.